The number of rotatable bonds is 5. The summed E-state index contributed by atoms with van der Waals surface area (Å²) in [6, 6.07) is 0. The maximum Gasteiger partial charge on any atom is 0.185 e. The van der Waals surface area contributed by atoms with Crippen molar-refractivity contribution in [2.45, 2.75) is 46.1 Å². The van der Waals surface area contributed by atoms with Gasteiger partial charge in [-0.05, 0) is 45.1 Å². The molecule has 0 aliphatic carbocycles. The summed E-state index contributed by atoms with van der Waals surface area (Å²) in [6.45, 7) is 7.39. The second kappa shape index (κ2) is 8.44. The van der Waals surface area contributed by atoms with Crippen LogP contribution in [-0.4, -0.2) is 37.4 Å². The van der Waals surface area contributed by atoms with Gasteiger partial charge >= 0.3 is 0 Å². The van der Waals surface area contributed by atoms with Gasteiger partial charge in [-0.25, -0.2) is 9.97 Å². The van der Waals surface area contributed by atoms with Crippen molar-refractivity contribution in [3.63, 3.8) is 0 Å². The first-order valence-corrected chi connectivity index (χ1v) is 10.2. The van der Waals surface area contributed by atoms with E-state index in [-0.39, 0.29) is 12.4 Å². The molecule has 1 aliphatic rings. The van der Waals surface area contributed by atoms with Crippen molar-refractivity contribution in [1.29, 1.82) is 0 Å². The van der Waals surface area contributed by atoms with Crippen LogP contribution in [0.15, 0.2) is 18.7 Å². The normalized spacial score (nSPS) is 14.4. The highest BCUT2D eigenvalue weighted by Crippen LogP contribution is 2.32. The molecule has 0 radical (unpaired) electrons. The van der Waals surface area contributed by atoms with Crippen LogP contribution in [0.5, 0.6) is 0 Å². The Bertz CT molecular complexity index is 890. The predicted molar refractivity (Wildman–Crippen MR) is 113 cm³/mol. The maximum absolute atomic E-state index is 4.68. The zero-order valence-electron chi connectivity index (χ0n) is 16.2. The number of halogens is 1. The van der Waals surface area contributed by atoms with Gasteiger partial charge in [0, 0.05) is 38.6 Å². The molecule has 27 heavy (non-hydrogen) atoms. The Kier molecular flexibility index (Phi) is 6.22. The van der Waals surface area contributed by atoms with Crippen molar-refractivity contribution < 1.29 is 0 Å². The summed E-state index contributed by atoms with van der Waals surface area (Å²) >= 11 is 1.78. The first-order valence-electron chi connectivity index (χ1n) is 9.34. The number of aromatic nitrogens is 5. The first-order chi connectivity index (χ1) is 12.6. The molecule has 4 rings (SSSR count). The smallest absolute Gasteiger partial charge is 0.185 e. The molecule has 0 bridgehead atoms. The van der Waals surface area contributed by atoms with Crippen LogP contribution in [0, 0.1) is 13.8 Å². The lowest BCUT2D eigenvalue weighted by Gasteiger charge is -2.25. The fourth-order valence-electron chi connectivity index (χ4n) is 3.73. The zero-order chi connectivity index (χ0) is 18.1. The Morgan fingerprint density at radius 3 is 2.59 bits per heavy atom. The van der Waals surface area contributed by atoms with Gasteiger partial charge in [-0.15, -0.1) is 12.4 Å². The van der Waals surface area contributed by atoms with Crippen LogP contribution >= 0.6 is 23.7 Å². The summed E-state index contributed by atoms with van der Waals surface area (Å²) in [5, 5.41) is 5.67. The number of imidazole rings is 1. The quantitative estimate of drug-likeness (QED) is 0.642. The van der Waals surface area contributed by atoms with Crippen molar-refractivity contribution >= 4 is 28.9 Å². The molecule has 0 amide bonds. The fourth-order valence-corrected chi connectivity index (χ4v) is 4.72. The Morgan fingerprint density at radius 2 is 1.89 bits per heavy atom. The van der Waals surface area contributed by atoms with E-state index in [1.807, 2.05) is 30.5 Å². The molecule has 0 unspecified atom stereocenters. The molecule has 3 aromatic rings. The first kappa shape index (κ1) is 19.9. The molecule has 1 fully saturated rings. The van der Waals surface area contributed by atoms with Crippen LogP contribution in [0.1, 0.15) is 36.2 Å². The molecule has 1 saturated heterocycles. The molecule has 6 nitrogen and oxygen atoms in total. The van der Waals surface area contributed by atoms with Crippen LogP contribution in [0.4, 0.5) is 5.13 Å². The molecule has 146 valence electrons. The predicted octanol–water partition coefficient (Wildman–Crippen LogP) is 4.01. The molecule has 8 heteroatoms. The number of anilines is 1. The molecule has 1 aliphatic heterocycles. The van der Waals surface area contributed by atoms with E-state index in [4.69, 9.17) is 0 Å². The van der Waals surface area contributed by atoms with Crippen molar-refractivity contribution in [2.24, 2.45) is 7.05 Å². The highest BCUT2D eigenvalue weighted by Gasteiger charge is 2.17. The van der Waals surface area contributed by atoms with Crippen molar-refractivity contribution in [1.82, 2.24) is 24.3 Å². The fraction of sp³-hybridized carbons (Fsp3) is 0.526. The second-order valence-corrected chi connectivity index (χ2v) is 8.06. The van der Waals surface area contributed by atoms with Gasteiger partial charge in [0.15, 0.2) is 5.13 Å². The third-order valence-corrected chi connectivity index (χ3v) is 6.43. The van der Waals surface area contributed by atoms with E-state index >= 15 is 0 Å². The molecule has 3 aromatic heterocycles. The Balaban J connectivity index is 0.00000210. The molecular weight excluding hydrogens is 380 g/mol. The SMILES string of the molecule is Cc1nn(C)c(C)c1CCn1cncc1-c1cnc(N2CCCCC2)s1.Cl. The van der Waals surface area contributed by atoms with E-state index in [0.717, 1.165) is 42.6 Å². The zero-order valence-corrected chi connectivity index (χ0v) is 17.8. The van der Waals surface area contributed by atoms with Crippen LogP contribution in [-0.2, 0) is 20.0 Å². The molecular formula is C19H27ClN6S. The largest absolute Gasteiger partial charge is 0.348 e. The Labute approximate surface area is 170 Å². The number of nitrogens with zero attached hydrogens (tertiary/aromatic N) is 6. The van der Waals surface area contributed by atoms with E-state index < -0.39 is 0 Å². The summed E-state index contributed by atoms with van der Waals surface area (Å²) in [6.07, 6.45) is 10.7. The lowest BCUT2D eigenvalue weighted by molar-refractivity contribution is 0.577. The Hall–Kier alpha value is -1.86. The van der Waals surface area contributed by atoms with E-state index in [0.29, 0.717) is 0 Å². The summed E-state index contributed by atoms with van der Waals surface area (Å²) in [5.41, 5.74) is 4.86. The Morgan fingerprint density at radius 1 is 1.11 bits per heavy atom. The summed E-state index contributed by atoms with van der Waals surface area (Å²) < 4.78 is 4.20. The topological polar surface area (TPSA) is 51.8 Å². The minimum absolute atomic E-state index is 0. The van der Waals surface area contributed by atoms with Crippen molar-refractivity contribution in [3.8, 4) is 10.6 Å². The van der Waals surface area contributed by atoms with E-state index in [1.165, 1.54) is 35.4 Å². The number of thiazole rings is 1. The van der Waals surface area contributed by atoms with E-state index in [9.17, 15) is 0 Å². The van der Waals surface area contributed by atoms with Crippen LogP contribution in [0.25, 0.3) is 10.6 Å². The summed E-state index contributed by atoms with van der Waals surface area (Å²) in [5.74, 6) is 0. The van der Waals surface area contributed by atoms with E-state index in [2.05, 4.69) is 38.4 Å². The number of hydrogen-bond acceptors (Lipinski definition) is 5. The monoisotopic (exact) mass is 406 g/mol. The van der Waals surface area contributed by atoms with Gasteiger partial charge in [0.2, 0.25) is 0 Å². The third-order valence-electron chi connectivity index (χ3n) is 5.35. The molecule has 0 aromatic carbocycles. The third kappa shape index (κ3) is 4.04. The lowest BCUT2D eigenvalue weighted by Crippen LogP contribution is -2.29. The average Bonchev–Trinajstić information content (AvgIpc) is 3.35. The van der Waals surface area contributed by atoms with Gasteiger partial charge in [-0.1, -0.05) is 11.3 Å². The lowest BCUT2D eigenvalue weighted by atomic mass is 10.1. The summed E-state index contributed by atoms with van der Waals surface area (Å²) in [7, 11) is 2.01. The van der Waals surface area contributed by atoms with Gasteiger partial charge in [-0.3, -0.25) is 4.68 Å². The van der Waals surface area contributed by atoms with Gasteiger partial charge in [0.05, 0.1) is 28.8 Å². The molecule has 0 saturated carbocycles. The summed E-state index contributed by atoms with van der Waals surface area (Å²) in [4.78, 5) is 12.7. The van der Waals surface area contributed by atoms with Crippen molar-refractivity contribution in [3.05, 3.63) is 35.7 Å². The number of aryl methyl sites for hydroxylation is 3. The maximum atomic E-state index is 4.68. The minimum atomic E-state index is 0. The van der Waals surface area contributed by atoms with Crippen molar-refractivity contribution in [2.75, 3.05) is 18.0 Å². The number of piperidine rings is 1. The molecule has 4 heterocycles. The highest BCUT2D eigenvalue weighted by molar-refractivity contribution is 7.18. The minimum Gasteiger partial charge on any atom is -0.348 e. The van der Waals surface area contributed by atoms with Crippen LogP contribution in [0.3, 0.4) is 0 Å². The van der Waals surface area contributed by atoms with E-state index in [1.54, 1.807) is 11.3 Å². The second-order valence-electron chi connectivity index (χ2n) is 7.05. The van der Waals surface area contributed by atoms with Gasteiger partial charge < -0.3 is 9.47 Å². The van der Waals surface area contributed by atoms with Gasteiger partial charge in [0.25, 0.3) is 0 Å². The number of hydrogen-bond donors (Lipinski definition) is 0. The molecule has 0 spiro atoms. The van der Waals surface area contributed by atoms with Crippen LogP contribution < -0.4 is 4.90 Å². The average molecular weight is 407 g/mol. The standard InChI is InChI=1S/C19H26N6S.ClH/c1-14-16(15(2)23(3)22-14)7-10-25-13-20-11-17(25)18-12-21-19(26-18)24-8-5-4-6-9-24;/h11-13H,4-10H2,1-3H3;1H. The molecule has 0 atom stereocenters. The van der Waals surface area contributed by atoms with Crippen LogP contribution in [0.2, 0.25) is 0 Å². The van der Waals surface area contributed by atoms with Gasteiger partial charge in [-0.2, -0.15) is 5.10 Å². The van der Waals surface area contributed by atoms with Gasteiger partial charge in [0.1, 0.15) is 0 Å². The molecule has 0 N–H and O–H groups in total. The highest BCUT2D eigenvalue weighted by atomic mass is 35.5.